The Morgan fingerprint density at radius 1 is 0.842 bits per heavy atom. The second-order valence-corrected chi connectivity index (χ2v) is 10.1. The number of benzene rings is 4. The maximum atomic E-state index is 13.3. The van der Waals surface area contributed by atoms with E-state index in [4.69, 9.17) is 0 Å². The average molecular weight is 519 g/mol. The van der Waals surface area contributed by atoms with E-state index in [2.05, 4.69) is 0 Å². The van der Waals surface area contributed by atoms with Crippen LogP contribution in [0.25, 0.3) is 27.8 Å². The van der Waals surface area contributed by atoms with Crippen molar-refractivity contribution in [1.29, 1.82) is 0 Å². The van der Waals surface area contributed by atoms with Gasteiger partial charge in [0.2, 0.25) is 0 Å². The number of aromatic carboxylic acids is 1. The summed E-state index contributed by atoms with van der Waals surface area (Å²) in [6, 6.07) is 28.5. The van der Waals surface area contributed by atoms with Gasteiger partial charge in [0.25, 0.3) is 11.1 Å². The molecule has 0 unspecified atom stereocenters. The van der Waals surface area contributed by atoms with Crippen LogP contribution in [0.4, 0.5) is 4.79 Å². The first-order chi connectivity index (χ1) is 18.5. The molecular formula is C31H22N2O4S. The van der Waals surface area contributed by atoms with E-state index in [0.29, 0.717) is 11.4 Å². The number of nitrogens with zero attached hydrogens (tertiary/aromatic N) is 2. The largest absolute Gasteiger partial charge is 0.478 e. The van der Waals surface area contributed by atoms with Gasteiger partial charge in [-0.05, 0) is 57.9 Å². The minimum Gasteiger partial charge on any atom is -0.478 e. The first-order valence-corrected chi connectivity index (χ1v) is 12.9. The van der Waals surface area contributed by atoms with Crippen LogP contribution in [0.15, 0.2) is 102 Å². The van der Waals surface area contributed by atoms with E-state index in [9.17, 15) is 19.5 Å². The number of fused-ring (bicyclic) bond motifs is 2. The van der Waals surface area contributed by atoms with Crippen LogP contribution >= 0.6 is 11.8 Å². The number of hydrogen-bond acceptors (Lipinski definition) is 4. The molecule has 6 rings (SSSR count). The van der Waals surface area contributed by atoms with E-state index >= 15 is 0 Å². The van der Waals surface area contributed by atoms with Crippen molar-refractivity contribution in [3.05, 3.63) is 124 Å². The number of carboxylic acid groups (broad SMARTS) is 1. The molecule has 1 aliphatic rings. The third-order valence-electron chi connectivity index (χ3n) is 6.71. The number of para-hydroxylation sites is 1. The molecule has 4 aromatic carbocycles. The lowest BCUT2D eigenvalue weighted by Crippen LogP contribution is -2.27. The summed E-state index contributed by atoms with van der Waals surface area (Å²) in [5.74, 6) is -1.27. The molecule has 0 aliphatic carbocycles. The van der Waals surface area contributed by atoms with E-state index in [1.165, 1.54) is 4.90 Å². The lowest BCUT2D eigenvalue weighted by molar-refractivity contribution is -0.123. The van der Waals surface area contributed by atoms with Gasteiger partial charge in [0.05, 0.1) is 17.0 Å². The van der Waals surface area contributed by atoms with E-state index < -0.39 is 5.97 Å². The predicted molar refractivity (Wildman–Crippen MR) is 150 cm³/mol. The number of thioether (sulfide) groups is 1. The maximum absolute atomic E-state index is 13.3. The van der Waals surface area contributed by atoms with Gasteiger partial charge in [0, 0.05) is 29.2 Å². The van der Waals surface area contributed by atoms with Crippen molar-refractivity contribution in [1.82, 2.24) is 9.47 Å². The Hall–Kier alpha value is -4.62. The number of carbonyl (C=O) groups excluding carboxylic acids is 2. The molecule has 0 saturated carbocycles. The van der Waals surface area contributed by atoms with Crippen molar-refractivity contribution < 1.29 is 19.5 Å². The highest BCUT2D eigenvalue weighted by Gasteiger charge is 2.35. The summed E-state index contributed by atoms with van der Waals surface area (Å²) in [5.41, 5.74) is 3.79. The van der Waals surface area contributed by atoms with Gasteiger partial charge in [-0.3, -0.25) is 14.5 Å². The summed E-state index contributed by atoms with van der Waals surface area (Å²) in [6.45, 7) is 0.684. The van der Waals surface area contributed by atoms with Crippen LogP contribution in [-0.4, -0.2) is 31.7 Å². The normalized spacial score (nSPS) is 14.7. The molecule has 6 nitrogen and oxygen atoms in total. The molecule has 0 bridgehead atoms. The quantitative estimate of drug-likeness (QED) is 0.251. The Kier molecular flexibility index (Phi) is 6.05. The molecule has 5 aromatic rings. The zero-order chi connectivity index (χ0) is 26.2. The minimum absolute atomic E-state index is 0.213. The minimum atomic E-state index is -0.968. The van der Waals surface area contributed by atoms with Crippen LogP contribution < -0.4 is 0 Å². The van der Waals surface area contributed by atoms with E-state index in [0.717, 1.165) is 50.1 Å². The van der Waals surface area contributed by atoms with Crippen molar-refractivity contribution in [3.8, 4) is 0 Å². The second kappa shape index (κ2) is 9.68. The molecule has 38 heavy (non-hydrogen) atoms. The maximum Gasteiger partial charge on any atom is 0.335 e. The number of carbonyl (C=O) groups is 3. The van der Waals surface area contributed by atoms with Gasteiger partial charge < -0.3 is 9.67 Å². The molecule has 1 N–H and O–H groups in total. The lowest BCUT2D eigenvalue weighted by atomic mass is 10.0. The lowest BCUT2D eigenvalue weighted by Gasteiger charge is -2.14. The van der Waals surface area contributed by atoms with Crippen LogP contribution in [0, 0.1) is 0 Å². The summed E-state index contributed by atoms with van der Waals surface area (Å²) >= 11 is 0.952. The van der Waals surface area contributed by atoms with Gasteiger partial charge in [0.15, 0.2) is 0 Å². The third-order valence-corrected chi connectivity index (χ3v) is 7.62. The highest BCUT2D eigenvalue weighted by atomic mass is 32.2. The molecule has 186 valence electrons. The summed E-state index contributed by atoms with van der Waals surface area (Å²) < 4.78 is 2.03. The molecule has 1 saturated heterocycles. The van der Waals surface area contributed by atoms with E-state index in [1.807, 2.05) is 83.6 Å². The standard InChI is InChI=1S/C31H22N2O4S/c34-29-28(38-31(37)33(29)19-23-11-6-9-21-8-1-2-12-25(21)23)16-24-18-32(27-14-4-3-13-26(24)27)17-20-7-5-10-22(15-20)30(35)36/h1-16,18H,17,19H2,(H,35,36)/b28-16+. The highest BCUT2D eigenvalue weighted by molar-refractivity contribution is 8.18. The van der Waals surface area contributed by atoms with Crippen LogP contribution in [0.3, 0.4) is 0 Å². The Balaban J connectivity index is 1.32. The Morgan fingerprint density at radius 2 is 1.58 bits per heavy atom. The zero-order valence-corrected chi connectivity index (χ0v) is 21.0. The van der Waals surface area contributed by atoms with Gasteiger partial charge in [0.1, 0.15) is 0 Å². The fraction of sp³-hybridized carbons (Fsp3) is 0.0645. The van der Waals surface area contributed by atoms with E-state index in [-0.39, 0.29) is 23.3 Å². The number of imide groups is 1. The van der Waals surface area contributed by atoms with Crippen LogP contribution in [0.1, 0.15) is 27.0 Å². The van der Waals surface area contributed by atoms with Crippen LogP contribution in [-0.2, 0) is 17.9 Å². The number of carboxylic acids is 1. The van der Waals surface area contributed by atoms with Gasteiger partial charge in [-0.2, -0.15) is 0 Å². The molecule has 2 heterocycles. The Morgan fingerprint density at radius 3 is 2.42 bits per heavy atom. The molecule has 0 spiro atoms. The van der Waals surface area contributed by atoms with Crippen molar-refractivity contribution in [3.63, 3.8) is 0 Å². The monoisotopic (exact) mass is 518 g/mol. The number of rotatable bonds is 6. The van der Waals surface area contributed by atoms with Gasteiger partial charge in [-0.15, -0.1) is 0 Å². The Labute approximate surface area is 222 Å². The topological polar surface area (TPSA) is 79.6 Å². The number of hydrogen-bond donors (Lipinski definition) is 1. The second-order valence-electron chi connectivity index (χ2n) is 9.14. The molecule has 0 atom stereocenters. The number of amides is 2. The van der Waals surface area contributed by atoms with Crippen molar-refractivity contribution in [2.45, 2.75) is 13.1 Å². The first kappa shape index (κ1) is 23.8. The Bertz CT molecular complexity index is 1780. The number of aromatic nitrogens is 1. The van der Waals surface area contributed by atoms with Gasteiger partial charge in [-0.25, -0.2) is 4.79 Å². The SMILES string of the molecule is O=C(O)c1cccc(Cn2cc(/C=C3/SC(=O)N(Cc4cccc5ccccc45)C3=O)c3ccccc32)c1. The summed E-state index contributed by atoms with van der Waals surface area (Å²) in [6.07, 6.45) is 3.72. The zero-order valence-electron chi connectivity index (χ0n) is 20.2. The molecule has 1 aliphatic heterocycles. The predicted octanol–water partition coefficient (Wildman–Crippen LogP) is 6.78. The fourth-order valence-electron chi connectivity index (χ4n) is 4.90. The molecule has 7 heteroatoms. The van der Waals surface area contributed by atoms with Crippen molar-refractivity contribution in [2.24, 2.45) is 0 Å². The smallest absolute Gasteiger partial charge is 0.335 e. The molecular weight excluding hydrogens is 496 g/mol. The first-order valence-electron chi connectivity index (χ1n) is 12.1. The van der Waals surface area contributed by atoms with E-state index in [1.54, 1.807) is 24.3 Å². The fourth-order valence-corrected chi connectivity index (χ4v) is 5.73. The molecule has 2 amide bonds. The highest BCUT2D eigenvalue weighted by Crippen LogP contribution is 2.36. The summed E-state index contributed by atoms with van der Waals surface area (Å²) in [4.78, 5) is 39.3. The molecule has 1 fully saturated rings. The van der Waals surface area contributed by atoms with Crippen LogP contribution in [0.2, 0.25) is 0 Å². The van der Waals surface area contributed by atoms with Gasteiger partial charge in [-0.1, -0.05) is 72.8 Å². The summed E-state index contributed by atoms with van der Waals surface area (Å²) in [7, 11) is 0. The third kappa shape index (κ3) is 4.37. The molecule has 0 radical (unpaired) electrons. The van der Waals surface area contributed by atoms with Crippen molar-refractivity contribution in [2.75, 3.05) is 0 Å². The van der Waals surface area contributed by atoms with Crippen molar-refractivity contribution >= 4 is 56.6 Å². The van der Waals surface area contributed by atoms with Gasteiger partial charge >= 0.3 is 5.97 Å². The molecule has 1 aromatic heterocycles. The summed E-state index contributed by atoms with van der Waals surface area (Å²) in [5, 5.41) is 12.1. The van der Waals surface area contributed by atoms with Crippen LogP contribution in [0.5, 0.6) is 0 Å². The average Bonchev–Trinajstić information content (AvgIpc) is 3.40.